The van der Waals surface area contributed by atoms with E-state index in [1.54, 1.807) is 0 Å². The Bertz CT molecular complexity index is 304. The predicted molar refractivity (Wildman–Crippen MR) is 43.6 cm³/mol. The summed E-state index contributed by atoms with van der Waals surface area (Å²) in [4.78, 5) is 14.6. The zero-order valence-electron chi connectivity index (χ0n) is 6.83. The molecule has 0 atom stereocenters. The van der Waals surface area contributed by atoms with Crippen molar-refractivity contribution in [3.63, 3.8) is 0 Å². The quantitative estimate of drug-likeness (QED) is 0.692. The van der Waals surface area contributed by atoms with E-state index >= 15 is 0 Å². The summed E-state index contributed by atoms with van der Waals surface area (Å²) in [5.74, 6) is -1.00. The second-order valence-corrected chi connectivity index (χ2v) is 2.37. The van der Waals surface area contributed by atoms with Gasteiger partial charge < -0.3 is 10.4 Å². The number of nitrogens with one attached hydrogen (secondary N) is 1. The lowest BCUT2D eigenvalue weighted by molar-refractivity contribution is 0.0944. The van der Waals surface area contributed by atoms with Crippen molar-refractivity contribution in [2.75, 3.05) is 13.2 Å². The summed E-state index contributed by atoms with van der Waals surface area (Å²) in [5, 5.41) is 10.8. The van der Waals surface area contributed by atoms with E-state index in [0.29, 0.717) is 0 Å². The van der Waals surface area contributed by atoms with Crippen molar-refractivity contribution in [2.45, 2.75) is 0 Å². The molecule has 0 saturated heterocycles. The fourth-order valence-corrected chi connectivity index (χ4v) is 0.808. The van der Waals surface area contributed by atoms with Crippen molar-refractivity contribution in [1.29, 1.82) is 0 Å². The van der Waals surface area contributed by atoms with E-state index in [0.717, 1.165) is 12.3 Å². The van der Waals surface area contributed by atoms with Crippen molar-refractivity contribution in [2.24, 2.45) is 0 Å². The molecule has 0 aliphatic carbocycles. The Hall–Kier alpha value is -1.49. The highest BCUT2D eigenvalue weighted by Crippen LogP contribution is 1.99. The SMILES string of the molecule is O=C(NCCO)c1cncc(F)c1. The summed E-state index contributed by atoms with van der Waals surface area (Å²) in [5.41, 5.74) is 0.147. The summed E-state index contributed by atoms with van der Waals surface area (Å²) >= 11 is 0. The van der Waals surface area contributed by atoms with Crippen LogP contribution in [0.15, 0.2) is 18.5 Å². The van der Waals surface area contributed by atoms with Crippen LogP contribution in [0.5, 0.6) is 0 Å². The first kappa shape index (κ1) is 9.60. The third-order valence-corrected chi connectivity index (χ3v) is 1.36. The molecule has 0 aromatic carbocycles. The zero-order chi connectivity index (χ0) is 9.68. The van der Waals surface area contributed by atoms with Gasteiger partial charge in [0.05, 0.1) is 18.4 Å². The minimum atomic E-state index is -0.559. The number of nitrogens with zero attached hydrogens (tertiary/aromatic N) is 1. The minimum Gasteiger partial charge on any atom is -0.395 e. The van der Waals surface area contributed by atoms with E-state index in [4.69, 9.17) is 5.11 Å². The van der Waals surface area contributed by atoms with E-state index in [-0.39, 0.29) is 18.7 Å². The number of carbonyl (C=O) groups excluding carboxylic acids is 1. The van der Waals surface area contributed by atoms with Crippen LogP contribution in [0.4, 0.5) is 4.39 Å². The molecule has 0 fully saturated rings. The predicted octanol–water partition coefficient (Wildman–Crippen LogP) is -0.0572. The molecule has 0 aliphatic heterocycles. The highest BCUT2D eigenvalue weighted by molar-refractivity contribution is 5.93. The van der Waals surface area contributed by atoms with Crippen molar-refractivity contribution >= 4 is 5.91 Å². The molecule has 0 unspecified atom stereocenters. The molecule has 2 N–H and O–H groups in total. The average molecular weight is 184 g/mol. The molecule has 1 aromatic heterocycles. The Labute approximate surface area is 74.4 Å². The average Bonchev–Trinajstić information content (AvgIpc) is 2.14. The first-order valence-electron chi connectivity index (χ1n) is 3.73. The van der Waals surface area contributed by atoms with Crippen LogP contribution in [0.3, 0.4) is 0 Å². The molecular weight excluding hydrogens is 175 g/mol. The molecule has 0 saturated carbocycles. The van der Waals surface area contributed by atoms with Crippen molar-refractivity contribution in [3.8, 4) is 0 Å². The van der Waals surface area contributed by atoms with Crippen LogP contribution in [0, 0.1) is 5.82 Å². The lowest BCUT2D eigenvalue weighted by Gasteiger charge is -2.01. The van der Waals surface area contributed by atoms with Gasteiger partial charge in [-0.05, 0) is 6.07 Å². The number of amides is 1. The number of hydrogen-bond donors (Lipinski definition) is 2. The summed E-state index contributed by atoms with van der Waals surface area (Å²) < 4.78 is 12.6. The Kier molecular flexibility index (Phi) is 3.33. The summed E-state index contributed by atoms with van der Waals surface area (Å²) in [6.07, 6.45) is 2.28. The standard InChI is InChI=1S/C8H9FN2O2/c9-7-3-6(4-10-5-7)8(13)11-1-2-12/h3-5,12H,1-2H2,(H,11,13). The van der Waals surface area contributed by atoms with Gasteiger partial charge in [0.2, 0.25) is 0 Å². The van der Waals surface area contributed by atoms with Gasteiger partial charge in [-0.1, -0.05) is 0 Å². The van der Waals surface area contributed by atoms with Crippen LogP contribution in [0.1, 0.15) is 10.4 Å². The smallest absolute Gasteiger partial charge is 0.253 e. The Morgan fingerprint density at radius 3 is 3.00 bits per heavy atom. The molecule has 0 bridgehead atoms. The summed E-state index contributed by atoms with van der Waals surface area (Å²) in [7, 11) is 0. The number of hydrogen-bond acceptors (Lipinski definition) is 3. The molecule has 13 heavy (non-hydrogen) atoms. The van der Waals surface area contributed by atoms with Crippen molar-refractivity contribution in [1.82, 2.24) is 10.3 Å². The molecular formula is C8H9FN2O2. The van der Waals surface area contributed by atoms with E-state index in [1.165, 1.54) is 6.20 Å². The van der Waals surface area contributed by atoms with Crippen molar-refractivity contribution in [3.05, 3.63) is 29.8 Å². The Morgan fingerprint density at radius 2 is 2.38 bits per heavy atom. The topological polar surface area (TPSA) is 62.2 Å². The number of pyridine rings is 1. The van der Waals surface area contributed by atoms with E-state index in [1.807, 2.05) is 0 Å². The maximum absolute atomic E-state index is 12.6. The molecule has 1 amide bonds. The van der Waals surface area contributed by atoms with E-state index in [9.17, 15) is 9.18 Å². The van der Waals surface area contributed by atoms with Gasteiger partial charge in [-0.25, -0.2) is 4.39 Å². The van der Waals surface area contributed by atoms with Gasteiger partial charge in [0.15, 0.2) is 0 Å². The molecule has 5 heteroatoms. The van der Waals surface area contributed by atoms with Gasteiger partial charge in [-0.3, -0.25) is 9.78 Å². The summed E-state index contributed by atoms with van der Waals surface area (Å²) in [6, 6.07) is 1.08. The summed E-state index contributed by atoms with van der Waals surface area (Å²) in [6.45, 7) is 0.00380. The monoisotopic (exact) mass is 184 g/mol. The first-order chi connectivity index (χ1) is 6.24. The lowest BCUT2D eigenvalue weighted by atomic mass is 10.2. The van der Waals surface area contributed by atoms with Crippen LogP contribution in [0.2, 0.25) is 0 Å². The highest BCUT2D eigenvalue weighted by Gasteiger charge is 2.05. The first-order valence-corrected chi connectivity index (χ1v) is 3.73. The maximum Gasteiger partial charge on any atom is 0.253 e. The van der Waals surface area contributed by atoms with Gasteiger partial charge in [-0.2, -0.15) is 0 Å². The molecule has 70 valence electrons. The number of rotatable bonds is 3. The number of halogens is 1. The molecule has 1 rings (SSSR count). The lowest BCUT2D eigenvalue weighted by Crippen LogP contribution is -2.26. The van der Waals surface area contributed by atoms with E-state index in [2.05, 4.69) is 10.3 Å². The van der Waals surface area contributed by atoms with Gasteiger partial charge in [0, 0.05) is 12.7 Å². The Balaban J connectivity index is 2.66. The van der Waals surface area contributed by atoms with Gasteiger partial charge in [-0.15, -0.1) is 0 Å². The normalized spacial score (nSPS) is 9.69. The van der Waals surface area contributed by atoms with E-state index < -0.39 is 11.7 Å². The molecule has 4 nitrogen and oxygen atoms in total. The molecule has 1 aromatic rings. The van der Waals surface area contributed by atoms with Crippen LogP contribution in [-0.2, 0) is 0 Å². The number of aliphatic hydroxyl groups is 1. The van der Waals surface area contributed by atoms with Gasteiger partial charge in [0.25, 0.3) is 5.91 Å². The second-order valence-electron chi connectivity index (χ2n) is 2.37. The molecule has 0 aliphatic rings. The molecule has 1 heterocycles. The third kappa shape index (κ3) is 2.79. The third-order valence-electron chi connectivity index (χ3n) is 1.36. The molecule has 0 spiro atoms. The number of carbonyl (C=O) groups is 1. The van der Waals surface area contributed by atoms with Gasteiger partial charge in [0.1, 0.15) is 5.82 Å². The fourth-order valence-electron chi connectivity index (χ4n) is 0.808. The zero-order valence-corrected chi connectivity index (χ0v) is 6.83. The van der Waals surface area contributed by atoms with Crippen LogP contribution in [-0.4, -0.2) is 29.1 Å². The minimum absolute atomic E-state index is 0.144. The van der Waals surface area contributed by atoms with Crippen molar-refractivity contribution < 1.29 is 14.3 Å². The highest BCUT2D eigenvalue weighted by atomic mass is 19.1. The largest absolute Gasteiger partial charge is 0.395 e. The number of aliphatic hydroxyl groups excluding tert-OH is 1. The number of aromatic nitrogens is 1. The maximum atomic E-state index is 12.6. The Morgan fingerprint density at radius 1 is 1.62 bits per heavy atom. The van der Waals surface area contributed by atoms with Crippen LogP contribution >= 0.6 is 0 Å². The van der Waals surface area contributed by atoms with Crippen LogP contribution in [0.25, 0.3) is 0 Å². The fraction of sp³-hybridized carbons (Fsp3) is 0.250. The molecule has 0 radical (unpaired) electrons. The van der Waals surface area contributed by atoms with Crippen LogP contribution < -0.4 is 5.32 Å². The van der Waals surface area contributed by atoms with Gasteiger partial charge >= 0.3 is 0 Å². The second kappa shape index (κ2) is 4.51.